The Kier molecular flexibility index (Phi) is 15.7. The predicted octanol–water partition coefficient (Wildman–Crippen LogP) is 10.3. The van der Waals surface area contributed by atoms with Gasteiger partial charge in [-0.15, -0.1) is 0 Å². The van der Waals surface area contributed by atoms with Gasteiger partial charge in [0.15, 0.2) is 0 Å². The number of allylic oxidation sites excluding steroid dienone is 4. The molecule has 2 aliphatic carbocycles. The summed E-state index contributed by atoms with van der Waals surface area (Å²) >= 11 is 0. The fourth-order valence-electron chi connectivity index (χ4n) is 5.44. The zero-order valence-electron chi connectivity index (χ0n) is 20.9. The van der Waals surface area contributed by atoms with E-state index < -0.39 is 0 Å². The van der Waals surface area contributed by atoms with Gasteiger partial charge in [-0.25, -0.2) is 0 Å². The molecule has 2 rings (SSSR count). The summed E-state index contributed by atoms with van der Waals surface area (Å²) in [6.07, 6.45) is 30.5. The van der Waals surface area contributed by atoms with Gasteiger partial charge in [0, 0.05) is 0 Å². The molecule has 0 aromatic heterocycles. The third-order valence-electron chi connectivity index (χ3n) is 7.44. The molecule has 0 spiro atoms. The van der Waals surface area contributed by atoms with E-state index in [2.05, 4.69) is 39.0 Å². The van der Waals surface area contributed by atoms with E-state index >= 15 is 0 Å². The molecule has 0 aromatic rings. The molecule has 0 radical (unpaired) electrons. The molecule has 0 aromatic carbocycles. The summed E-state index contributed by atoms with van der Waals surface area (Å²) in [4.78, 5) is 0. The molecule has 4 atom stereocenters. The van der Waals surface area contributed by atoms with Gasteiger partial charge in [-0.2, -0.15) is 0 Å². The molecule has 0 bridgehead atoms. The van der Waals surface area contributed by atoms with Gasteiger partial charge in [0.05, 0.1) is 0 Å². The van der Waals surface area contributed by atoms with Crippen molar-refractivity contribution in [3.05, 3.63) is 23.8 Å². The molecule has 29 heavy (non-hydrogen) atoms. The summed E-state index contributed by atoms with van der Waals surface area (Å²) in [5.41, 5.74) is 1.61. The third-order valence-corrected chi connectivity index (χ3v) is 7.44. The van der Waals surface area contributed by atoms with Gasteiger partial charge in [-0.1, -0.05) is 135 Å². The van der Waals surface area contributed by atoms with Crippen molar-refractivity contribution in [2.75, 3.05) is 0 Å². The van der Waals surface area contributed by atoms with Crippen LogP contribution in [0.2, 0.25) is 0 Å². The Labute approximate surface area is 185 Å². The molecule has 1 fully saturated rings. The first-order chi connectivity index (χ1) is 14.2. The third kappa shape index (κ3) is 11.4. The highest BCUT2D eigenvalue weighted by molar-refractivity contribution is 5.21. The highest BCUT2D eigenvalue weighted by Crippen LogP contribution is 2.38. The van der Waals surface area contributed by atoms with Crippen molar-refractivity contribution in [2.45, 2.75) is 137 Å². The monoisotopic (exact) mass is 402 g/mol. The van der Waals surface area contributed by atoms with E-state index in [0.29, 0.717) is 0 Å². The zero-order chi connectivity index (χ0) is 21.3. The van der Waals surface area contributed by atoms with E-state index in [0.717, 1.165) is 23.7 Å². The predicted molar refractivity (Wildman–Crippen MR) is 133 cm³/mol. The molecule has 1 saturated carbocycles. The van der Waals surface area contributed by atoms with Crippen LogP contribution in [0.3, 0.4) is 0 Å². The maximum Gasteiger partial charge on any atom is -0.0256 e. The van der Waals surface area contributed by atoms with E-state index in [4.69, 9.17) is 0 Å². The highest BCUT2D eigenvalue weighted by Gasteiger charge is 2.25. The second-order valence-electron chi connectivity index (χ2n) is 9.76. The Morgan fingerprint density at radius 3 is 2.28 bits per heavy atom. The summed E-state index contributed by atoms with van der Waals surface area (Å²) in [6, 6.07) is 0. The maximum absolute atomic E-state index is 2.54. The average molecular weight is 403 g/mol. The molecule has 170 valence electrons. The van der Waals surface area contributed by atoms with E-state index in [9.17, 15) is 0 Å². The minimum atomic E-state index is 0.755. The Hall–Kier alpha value is -0.520. The molecule has 0 amide bonds. The first-order valence-corrected chi connectivity index (χ1v) is 13.6. The molecule has 4 unspecified atom stereocenters. The molecule has 2 aliphatic rings. The quantitative estimate of drug-likeness (QED) is 0.285. The summed E-state index contributed by atoms with van der Waals surface area (Å²) in [5, 5.41) is 0. The molecule has 0 aliphatic heterocycles. The van der Waals surface area contributed by atoms with E-state index in [1.54, 1.807) is 5.57 Å². The van der Waals surface area contributed by atoms with Gasteiger partial charge in [-0.3, -0.25) is 0 Å². The zero-order valence-corrected chi connectivity index (χ0v) is 20.9. The highest BCUT2D eigenvalue weighted by atomic mass is 14.3. The van der Waals surface area contributed by atoms with Crippen LogP contribution in [0, 0.1) is 23.7 Å². The largest absolute Gasteiger partial charge is 0.0814 e. The Morgan fingerprint density at radius 1 is 0.931 bits per heavy atom. The van der Waals surface area contributed by atoms with Crippen LogP contribution in [0.15, 0.2) is 23.8 Å². The van der Waals surface area contributed by atoms with Crippen LogP contribution in [0.4, 0.5) is 0 Å². The second-order valence-corrected chi connectivity index (χ2v) is 9.76. The lowest BCUT2D eigenvalue weighted by Gasteiger charge is -2.33. The summed E-state index contributed by atoms with van der Waals surface area (Å²) in [6.45, 7) is 11.1. The van der Waals surface area contributed by atoms with Gasteiger partial charge in [-0.05, 0) is 49.4 Å². The SMILES string of the molecule is CC.CCCCCCCCC1CCCCC1CC(C)/C=C/C1=CCC(CC)CC1. The molecule has 0 heterocycles. The minimum absolute atomic E-state index is 0.755. The topological polar surface area (TPSA) is 0 Å². The van der Waals surface area contributed by atoms with Gasteiger partial charge >= 0.3 is 0 Å². The standard InChI is InChI=1S/C27H48.C2H6/c1-4-6-7-8-9-10-13-26-14-11-12-15-27(26)22-23(3)16-17-25-20-18-24(5-2)19-21-25;1-2/h16-17,20,23-24,26-27H,4-15,18-19,21-22H2,1-3H3;1-2H3/b17-16+;. The van der Waals surface area contributed by atoms with Crippen molar-refractivity contribution in [1.29, 1.82) is 0 Å². The van der Waals surface area contributed by atoms with Crippen LogP contribution < -0.4 is 0 Å². The van der Waals surface area contributed by atoms with Crippen molar-refractivity contribution in [3.8, 4) is 0 Å². The van der Waals surface area contributed by atoms with E-state index in [1.807, 2.05) is 13.8 Å². The Balaban J connectivity index is 0.00000204. The number of rotatable bonds is 12. The minimum Gasteiger partial charge on any atom is -0.0814 e. The lowest BCUT2D eigenvalue weighted by Crippen LogP contribution is -2.21. The molecule has 0 heteroatoms. The van der Waals surface area contributed by atoms with Gasteiger partial charge in [0.25, 0.3) is 0 Å². The molecular formula is C29H54. The normalized spacial score (nSPS) is 26.0. The van der Waals surface area contributed by atoms with Crippen LogP contribution in [-0.4, -0.2) is 0 Å². The molecule has 0 saturated heterocycles. The second kappa shape index (κ2) is 17.2. The van der Waals surface area contributed by atoms with Crippen LogP contribution in [0.25, 0.3) is 0 Å². The Bertz CT molecular complexity index is 429. The van der Waals surface area contributed by atoms with Gasteiger partial charge in [0.1, 0.15) is 0 Å². The molecular weight excluding hydrogens is 348 g/mol. The van der Waals surface area contributed by atoms with Crippen molar-refractivity contribution >= 4 is 0 Å². The number of hydrogen-bond donors (Lipinski definition) is 0. The first kappa shape index (κ1) is 26.5. The smallest absolute Gasteiger partial charge is 0.0256 e. The summed E-state index contributed by atoms with van der Waals surface area (Å²) < 4.78 is 0. The summed E-state index contributed by atoms with van der Waals surface area (Å²) in [7, 11) is 0. The maximum atomic E-state index is 2.54. The van der Waals surface area contributed by atoms with Crippen LogP contribution in [-0.2, 0) is 0 Å². The van der Waals surface area contributed by atoms with Crippen LogP contribution in [0.1, 0.15) is 137 Å². The average Bonchev–Trinajstić information content (AvgIpc) is 2.77. The van der Waals surface area contributed by atoms with Crippen molar-refractivity contribution in [1.82, 2.24) is 0 Å². The van der Waals surface area contributed by atoms with Crippen molar-refractivity contribution < 1.29 is 0 Å². The number of hydrogen-bond acceptors (Lipinski definition) is 0. The van der Waals surface area contributed by atoms with Crippen LogP contribution >= 0.6 is 0 Å². The first-order valence-electron chi connectivity index (χ1n) is 13.6. The Morgan fingerprint density at radius 2 is 1.62 bits per heavy atom. The van der Waals surface area contributed by atoms with E-state index in [-0.39, 0.29) is 0 Å². The number of unbranched alkanes of at least 4 members (excludes halogenated alkanes) is 5. The lowest BCUT2D eigenvalue weighted by atomic mass is 9.73. The van der Waals surface area contributed by atoms with Crippen LogP contribution in [0.5, 0.6) is 0 Å². The van der Waals surface area contributed by atoms with Crippen molar-refractivity contribution in [2.24, 2.45) is 23.7 Å². The molecule has 0 nitrogen and oxygen atoms in total. The van der Waals surface area contributed by atoms with Gasteiger partial charge in [0.2, 0.25) is 0 Å². The fourth-order valence-corrected chi connectivity index (χ4v) is 5.44. The fraction of sp³-hybridized carbons (Fsp3) is 0.862. The summed E-state index contributed by atoms with van der Waals surface area (Å²) in [5.74, 6) is 3.73. The van der Waals surface area contributed by atoms with Crippen molar-refractivity contribution in [3.63, 3.8) is 0 Å². The van der Waals surface area contributed by atoms with E-state index in [1.165, 1.54) is 103 Å². The molecule has 0 N–H and O–H groups in total. The van der Waals surface area contributed by atoms with Gasteiger partial charge < -0.3 is 0 Å². The lowest BCUT2D eigenvalue weighted by molar-refractivity contribution is 0.194.